The van der Waals surface area contributed by atoms with Crippen molar-refractivity contribution < 1.29 is 4.74 Å². The Morgan fingerprint density at radius 2 is 1.74 bits per heavy atom. The highest BCUT2D eigenvalue weighted by Gasteiger charge is 2.37. The predicted octanol–water partition coefficient (Wildman–Crippen LogP) is 5.93. The highest BCUT2D eigenvalue weighted by Crippen LogP contribution is 2.49. The Morgan fingerprint density at radius 1 is 1.04 bits per heavy atom. The fourth-order valence-corrected chi connectivity index (χ4v) is 4.12. The third-order valence-electron chi connectivity index (χ3n) is 4.93. The Labute approximate surface area is 168 Å². The number of ether oxygens (including phenoxy) is 1. The highest BCUT2D eigenvalue weighted by atomic mass is 35.5. The molecule has 0 bridgehead atoms. The number of hydrogen-bond acceptors (Lipinski definition) is 3. The van der Waals surface area contributed by atoms with Gasteiger partial charge in [-0.2, -0.15) is 5.26 Å². The third kappa shape index (κ3) is 3.12. The molecule has 1 aliphatic heterocycles. The minimum atomic E-state index is -0.287. The Hall–Kier alpha value is -2.67. The summed E-state index contributed by atoms with van der Waals surface area (Å²) < 4.78 is 5.89. The largest absolute Gasteiger partial charge is 0.440 e. The van der Waals surface area contributed by atoms with Gasteiger partial charge in [-0.25, -0.2) is 0 Å². The van der Waals surface area contributed by atoms with E-state index in [9.17, 15) is 5.26 Å². The maximum atomic E-state index is 9.68. The van der Waals surface area contributed by atoms with Crippen molar-refractivity contribution in [2.75, 3.05) is 0 Å². The van der Waals surface area contributed by atoms with Gasteiger partial charge >= 0.3 is 0 Å². The van der Waals surface area contributed by atoms with E-state index in [4.69, 9.17) is 33.7 Å². The molecule has 2 N–H and O–H groups in total. The Morgan fingerprint density at radius 3 is 2.44 bits per heavy atom. The minimum Gasteiger partial charge on any atom is -0.440 e. The molecule has 0 spiro atoms. The molecule has 2 aromatic rings. The summed E-state index contributed by atoms with van der Waals surface area (Å²) in [6, 6.07) is 17.4. The van der Waals surface area contributed by atoms with Gasteiger partial charge in [-0.1, -0.05) is 59.6 Å². The second kappa shape index (κ2) is 7.15. The van der Waals surface area contributed by atoms with E-state index in [1.807, 2.05) is 54.6 Å². The lowest BCUT2D eigenvalue weighted by atomic mass is 9.83. The van der Waals surface area contributed by atoms with E-state index in [0.29, 0.717) is 15.6 Å². The van der Waals surface area contributed by atoms with E-state index in [1.165, 1.54) is 0 Å². The normalized spacial score (nSPS) is 20.5. The van der Waals surface area contributed by atoms with Gasteiger partial charge in [-0.15, -0.1) is 0 Å². The van der Waals surface area contributed by atoms with Crippen molar-refractivity contribution in [3.05, 3.63) is 98.1 Å². The average molecular weight is 395 g/mol. The van der Waals surface area contributed by atoms with Gasteiger partial charge in [-0.05, 0) is 53.3 Å². The smallest absolute Gasteiger partial charge is 0.205 e. The number of benzene rings is 2. The van der Waals surface area contributed by atoms with Gasteiger partial charge in [0.2, 0.25) is 5.88 Å². The first-order valence-corrected chi connectivity index (χ1v) is 9.36. The second-order valence-electron chi connectivity index (χ2n) is 6.49. The molecular formula is C22H16Cl2N2O. The van der Waals surface area contributed by atoms with E-state index in [1.54, 1.807) is 0 Å². The SMILES string of the molecule is N#CC1=C(N)OC2=C(CC/C2=C\c2ccccc2Cl)[C@H]1c1ccccc1Cl. The van der Waals surface area contributed by atoms with Crippen molar-refractivity contribution in [3.63, 3.8) is 0 Å². The number of nitrogens with two attached hydrogens (primary N) is 1. The Balaban J connectivity index is 1.84. The third-order valence-corrected chi connectivity index (χ3v) is 5.62. The van der Waals surface area contributed by atoms with Gasteiger partial charge in [0.25, 0.3) is 0 Å². The van der Waals surface area contributed by atoms with E-state index in [2.05, 4.69) is 6.07 Å². The van der Waals surface area contributed by atoms with Crippen LogP contribution in [0.15, 0.2) is 76.9 Å². The van der Waals surface area contributed by atoms with Gasteiger partial charge in [-0.3, -0.25) is 0 Å². The minimum absolute atomic E-state index is 0.133. The monoisotopic (exact) mass is 394 g/mol. The van der Waals surface area contributed by atoms with Gasteiger partial charge in [0.15, 0.2) is 0 Å². The summed E-state index contributed by atoms with van der Waals surface area (Å²) >= 11 is 12.7. The fraction of sp³-hybridized carbons (Fsp3) is 0.136. The van der Waals surface area contributed by atoms with Crippen LogP contribution < -0.4 is 5.73 Å². The Bertz CT molecular complexity index is 1060. The summed E-state index contributed by atoms with van der Waals surface area (Å²) in [5.74, 6) is 0.578. The van der Waals surface area contributed by atoms with Gasteiger partial charge in [0, 0.05) is 10.0 Å². The van der Waals surface area contributed by atoms with Crippen LogP contribution in [-0.2, 0) is 4.74 Å². The van der Waals surface area contributed by atoms with Crippen LogP contribution in [0.2, 0.25) is 10.0 Å². The van der Waals surface area contributed by atoms with Crippen molar-refractivity contribution in [1.29, 1.82) is 5.26 Å². The molecule has 0 saturated carbocycles. The summed E-state index contributed by atoms with van der Waals surface area (Å²) in [6.45, 7) is 0. The zero-order valence-corrected chi connectivity index (χ0v) is 15.9. The van der Waals surface area contributed by atoms with Crippen LogP contribution in [0.3, 0.4) is 0 Å². The number of allylic oxidation sites excluding steroid dienone is 3. The molecule has 134 valence electrons. The zero-order chi connectivity index (χ0) is 19.0. The molecule has 0 amide bonds. The summed E-state index contributed by atoms with van der Waals surface area (Å²) in [4.78, 5) is 0. The summed E-state index contributed by atoms with van der Waals surface area (Å²) in [7, 11) is 0. The maximum absolute atomic E-state index is 9.68. The van der Waals surface area contributed by atoms with Crippen LogP contribution in [-0.4, -0.2) is 0 Å². The van der Waals surface area contributed by atoms with Crippen molar-refractivity contribution in [2.24, 2.45) is 5.73 Å². The molecule has 2 aliphatic rings. The predicted molar refractivity (Wildman–Crippen MR) is 108 cm³/mol. The van der Waals surface area contributed by atoms with Crippen molar-refractivity contribution in [1.82, 2.24) is 0 Å². The van der Waals surface area contributed by atoms with Crippen molar-refractivity contribution >= 4 is 29.3 Å². The molecule has 5 heteroatoms. The first-order chi connectivity index (χ1) is 13.1. The Kier molecular flexibility index (Phi) is 4.70. The molecule has 1 aliphatic carbocycles. The molecule has 0 radical (unpaired) electrons. The molecule has 3 nitrogen and oxygen atoms in total. The number of nitriles is 1. The lowest BCUT2D eigenvalue weighted by Crippen LogP contribution is -2.19. The number of nitrogens with zero attached hydrogens (tertiary/aromatic N) is 1. The van der Waals surface area contributed by atoms with Crippen LogP contribution >= 0.6 is 23.2 Å². The summed E-state index contributed by atoms with van der Waals surface area (Å²) in [5, 5.41) is 11.0. The summed E-state index contributed by atoms with van der Waals surface area (Å²) in [5.41, 5.74) is 10.4. The summed E-state index contributed by atoms with van der Waals surface area (Å²) in [6.07, 6.45) is 3.60. The zero-order valence-electron chi connectivity index (χ0n) is 14.4. The molecule has 4 rings (SSSR count). The number of hydrogen-bond donors (Lipinski definition) is 1. The molecule has 27 heavy (non-hydrogen) atoms. The molecule has 0 saturated heterocycles. The molecule has 1 atom stereocenters. The van der Waals surface area contributed by atoms with Crippen LogP contribution in [0.5, 0.6) is 0 Å². The van der Waals surface area contributed by atoms with Crippen LogP contribution in [0.4, 0.5) is 0 Å². The maximum Gasteiger partial charge on any atom is 0.205 e. The number of halogens is 2. The quantitative estimate of drug-likeness (QED) is 0.685. The average Bonchev–Trinajstić information content (AvgIpc) is 3.05. The van der Waals surface area contributed by atoms with Gasteiger partial charge in [0.1, 0.15) is 17.4 Å². The van der Waals surface area contributed by atoms with Crippen LogP contribution in [0.25, 0.3) is 6.08 Å². The lowest BCUT2D eigenvalue weighted by Gasteiger charge is -2.26. The van der Waals surface area contributed by atoms with E-state index < -0.39 is 0 Å². The van der Waals surface area contributed by atoms with Crippen molar-refractivity contribution in [2.45, 2.75) is 18.8 Å². The topological polar surface area (TPSA) is 59.0 Å². The fourth-order valence-electron chi connectivity index (χ4n) is 3.68. The van der Waals surface area contributed by atoms with E-state index in [-0.39, 0.29) is 11.8 Å². The van der Waals surface area contributed by atoms with Crippen LogP contribution in [0.1, 0.15) is 29.9 Å². The lowest BCUT2D eigenvalue weighted by molar-refractivity contribution is 0.292. The van der Waals surface area contributed by atoms with Crippen LogP contribution in [0, 0.1) is 11.3 Å². The van der Waals surface area contributed by atoms with E-state index in [0.717, 1.165) is 40.9 Å². The van der Waals surface area contributed by atoms with E-state index >= 15 is 0 Å². The molecular weight excluding hydrogens is 379 g/mol. The standard InChI is InChI=1S/C22H16Cl2N2O/c23-18-7-3-1-5-13(18)11-14-9-10-16-20(15-6-2-4-8-19(15)24)17(12-25)22(26)27-21(14)16/h1-8,11,20H,9-10,26H2/b14-11+/t20-/m1/s1. The molecule has 2 aromatic carbocycles. The highest BCUT2D eigenvalue weighted by molar-refractivity contribution is 6.32. The molecule has 1 heterocycles. The van der Waals surface area contributed by atoms with Gasteiger partial charge in [0.05, 0.1) is 5.92 Å². The van der Waals surface area contributed by atoms with Gasteiger partial charge < -0.3 is 10.5 Å². The molecule has 0 fully saturated rings. The second-order valence-corrected chi connectivity index (χ2v) is 7.31. The van der Waals surface area contributed by atoms with Crippen molar-refractivity contribution in [3.8, 4) is 6.07 Å². The molecule has 0 unspecified atom stereocenters. The first kappa shape index (κ1) is 17.7. The first-order valence-electron chi connectivity index (χ1n) is 8.60. The molecule has 0 aromatic heterocycles. The number of rotatable bonds is 2.